The fraction of sp³-hybridized carbons (Fsp3) is 0.778. The van der Waals surface area contributed by atoms with Gasteiger partial charge in [-0.05, 0) is 27.7 Å². The topological polar surface area (TPSA) is 69.4 Å². The van der Waals surface area contributed by atoms with Crippen molar-refractivity contribution in [2.45, 2.75) is 45.8 Å². The monoisotopic (exact) mass is 187 g/mol. The number of esters is 1. The van der Waals surface area contributed by atoms with Crippen molar-refractivity contribution in [1.29, 1.82) is 0 Å². The summed E-state index contributed by atoms with van der Waals surface area (Å²) in [6, 6.07) is -0.836. The van der Waals surface area contributed by atoms with Gasteiger partial charge in [0.15, 0.2) is 0 Å². The normalized spacial score (nSPS) is 13.6. The highest BCUT2D eigenvalue weighted by Gasteiger charge is 2.22. The minimum atomic E-state index is -0.836. The first-order chi connectivity index (χ1) is 5.72. The molecule has 4 heteroatoms. The van der Waals surface area contributed by atoms with Crippen molar-refractivity contribution in [3.63, 3.8) is 0 Å². The highest BCUT2D eigenvalue weighted by Crippen LogP contribution is 2.08. The molecule has 0 heterocycles. The average Bonchev–Trinajstić information content (AvgIpc) is 1.81. The first-order valence-corrected chi connectivity index (χ1v) is 4.20. The van der Waals surface area contributed by atoms with Gasteiger partial charge in [0, 0.05) is 6.42 Å². The largest absolute Gasteiger partial charge is 0.459 e. The first kappa shape index (κ1) is 12.1. The van der Waals surface area contributed by atoms with Gasteiger partial charge in [0.05, 0.1) is 0 Å². The van der Waals surface area contributed by atoms with Gasteiger partial charge in [0.1, 0.15) is 17.4 Å². The van der Waals surface area contributed by atoms with E-state index in [0.29, 0.717) is 0 Å². The molecule has 1 atom stereocenters. The van der Waals surface area contributed by atoms with Crippen LogP contribution in [-0.4, -0.2) is 23.4 Å². The summed E-state index contributed by atoms with van der Waals surface area (Å²) in [6.45, 7) is 6.66. The fourth-order valence-electron chi connectivity index (χ4n) is 0.770. The molecular weight excluding hydrogens is 170 g/mol. The van der Waals surface area contributed by atoms with E-state index in [0.717, 1.165) is 0 Å². The predicted molar refractivity (Wildman–Crippen MR) is 49.1 cm³/mol. The van der Waals surface area contributed by atoms with Crippen molar-refractivity contribution < 1.29 is 14.3 Å². The molecule has 0 aliphatic heterocycles. The molecule has 0 aromatic heterocycles. The highest BCUT2D eigenvalue weighted by atomic mass is 16.6. The van der Waals surface area contributed by atoms with E-state index >= 15 is 0 Å². The van der Waals surface area contributed by atoms with Crippen LogP contribution in [0.5, 0.6) is 0 Å². The molecule has 0 amide bonds. The van der Waals surface area contributed by atoms with Crippen molar-refractivity contribution in [2.75, 3.05) is 0 Å². The fourth-order valence-corrected chi connectivity index (χ4v) is 0.770. The van der Waals surface area contributed by atoms with E-state index in [9.17, 15) is 9.59 Å². The smallest absolute Gasteiger partial charge is 0.323 e. The summed E-state index contributed by atoms with van der Waals surface area (Å²) >= 11 is 0. The number of ether oxygens (including phenoxy) is 1. The van der Waals surface area contributed by atoms with Gasteiger partial charge in [-0.3, -0.25) is 9.59 Å². The summed E-state index contributed by atoms with van der Waals surface area (Å²) in [4.78, 5) is 21.8. The molecule has 0 aliphatic carbocycles. The summed E-state index contributed by atoms with van der Waals surface area (Å²) in [5, 5.41) is 0. The summed E-state index contributed by atoms with van der Waals surface area (Å²) in [6.07, 6.45) is 0.0366. The number of Topliss-reactive ketones (excluding diaryl/α,β-unsaturated/α-hetero) is 1. The Morgan fingerprint density at radius 3 is 2.15 bits per heavy atom. The van der Waals surface area contributed by atoms with Crippen LogP contribution in [0.3, 0.4) is 0 Å². The van der Waals surface area contributed by atoms with Gasteiger partial charge in [-0.1, -0.05) is 0 Å². The zero-order chi connectivity index (χ0) is 10.6. The Morgan fingerprint density at radius 1 is 1.38 bits per heavy atom. The lowest BCUT2D eigenvalue weighted by molar-refractivity contribution is -0.157. The van der Waals surface area contributed by atoms with Crippen molar-refractivity contribution >= 4 is 11.8 Å². The molecule has 2 N–H and O–H groups in total. The van der Waals surface area contributed by atoms with E-state index in [-0.39, 0.29) is 12.2 Å². The predicted octanol–water partition coefficient (Wildman–Crippen LogP) is 0.634. The van der Waals surface area contributed by atoms with Gasteiger partial charge in [-0.2, -0.15) is 0 Å². The van der Waals surface area contributed by atoms with Crippen LogP contribution in [0.4, 0.5) is 0 Å². The van der Waals surface area contributed by atoms with Crippen LogP contribution < -0.4 is 5.73 Å². The zero-order valence-corrected chi connectivity index (χ0v) is 8.59. The molecule has 0 unspecified atom stereocenters. The molecular formula is C9H17NO3. The van der Waals surface area contributed by atoms with Crippen molar-refractivity contribution in [3.8, 4) is 0 Å². The Bertz CT molecular complexity index is 205. The van der Waals surface area contributed by atoms with E-state index < -0.39 is 17.6 Å². The summed E-state index contributed by atoms with van der Waals surface area (Å²) in [5.74, 6) is -0.638. The molecule has 0 aromatic carbocycles. The second-order valence-corrected chi connectivity index (χ2v) is 4.05. The molecule has 76 valence electrons. The lowest BCUT2D eigenvalue weighted by Crippen LogP contribution is -2.38. The molecule has 4 nitrogen and oxygen atoms in total. The lowest BCUT2D eigenvalue weighted by atomic mass is 10.1. The Morgan fingerprint density at radius 2 is 1.85 bits per heavy atom. The van der Waals surface area contributed by atoms with Crippen molar-refractivity contribution in [3.05, 3.63) is 0 Å². The minimum absolute atomic E-state index is 0.0366. The van der Waals surface area contributed by atoms with Crippen molar-refractivity contribution in [2.24, 2.45) is 5.73 Å². The van der Waals surface area contributed by atoms with E-state index in [4.69, 9.17) is 10.5 Å². The Balaban J connectivity index is 4.05. The maximum atomic E-state index is 11.2. The third kappa shape index (κ3) is 6.28. The van der Waals surface area contributed by atoms with Crippen LogP contribution in [0.15, 0.2) is 0 Å². The second-order valence-electron chi connectivity index (χ2n) is 4.05. The highest BCUT2D eigenvalue weighted by molar-refractivity contribution is 5.85. The van der Waals surface area contributed by atoms with Crippen LogP contribution in [0.1, 0.15) is 34.1 Å². The standard InChI is InChI=1S/C9H17NO3/c1-6(11)5-7(10)8(12)13-9(2,3)4/h7H,5,10H2,1-4H3/t7-/m0/s1. The van der Waals surface area contributed by atoms with E-state index in [1.165, 1.54) is 6.92 Å². The maximum Gasteiger partial charge on any atom is 0.323 e. The Labute approximate surface area is 78.4 Å². The van der Waals surface area contributed by atoms with Crippen LogP contribution in [-0.2, 0) is 14.3 Å². The van der Waals surface area contributed by atoms with Gasteiger partial charge >= 0.3 is 5.97 Å². The van der Waals surface area contributed by atoms with Gasteiger partial charge in [-0.25, -0.2) is 0 Å². The summed E-state index contributed by atoms with van der Waals surface area (Å²) in [7, 11) is 0. The van der Waals surface area contributed by atoms with Gasteiger partial charge in [0.2, 0.25) is 0 Å². The SMILES string of the molecule is CC(=O)C[C@H](N)C(=O)OC(C)(C)C. The number of rotatable bonds is 3. The van der Waals surface area contributed by atoms with Crippen molar-refractivity contribution in [1.82, 2.24) is 0 Å². The van der Waals surface area contributed by atoms with Crippen LogP contribution in [0.25, 0.3) is 0 Å². The van der Waals surface area contributed by atoms with Gasteiger partial charge in [0.25, 0.3) is 0 Å². The second kappa shape index (κ2) is 4.37. The van der Waals surface area contributed by atoms with Crippen LogP contribution >= 0.6 is 0 Å². The average molecular weight is 187 g/mol. The number of carbonyl (C=O) groups excluding carboxylic acids is 2. The molecule has 0 bridgehead atoms. The molecule has 0 fully saturated rings. The molecule has 0 rings (SSSR count). The Hall–Kier alpha value is -0.900. The zero-order valence-electron chi connectivity index (χ0n) is 8.59. The Kier molecular flexibility index (Phi) is 4.07. The molecule has 0 aromatic rings. The summed E-state index contributed by atoms with van der Waals surface area (Å²) < 4.78 is 4.98. The lowest BCUT2D eigenvalue weighted by Gasteiger charge is -2.21. The van der Waals surface area contributed by atoms with E-state index in [1.807, 2.05) is 0 Å². The van der Waals surface area contributed by atoms with Gasteiger partial charge in [-0.15, -0.1) is 0 Å². The molecule has 0 spiro atoms. The first-order valence-electron chi connectivity index (χ1n) is 4.20. The number of ketones is 1. The quantitative estimate of drug-likeness (QED) is 0.658. The molecule has 0 saturated carbocycles. The number of hydrogen-bond acceptors (Lipinski definition) is 4. The molecule has 0 aliphatic rings. The maximum absolute atomic E-state index is 11.2. The summed E-state index contributed by atoms with van der Waals surface area (Å²) in [5.41, 5.74) is 4.88. The minimum Gasteiger partial charge on any atom is -0.459 e. The molecule has 13 heavy (non-hydrogen) atoms. The third-order valence-electron chi connectivity index (χ3n) is 1.22. The third-order valence-corrected chi connectivity index (χ3v) is 1.22. The van der Waals surface area contributed by atoms with Crippen LogP contribution in [0, 0.1) is 0 Å². The van der Waals surface area contributed by atoms with Crippen LogP contribution in [0.2, 0.25) is 0 Å². The van der Waals surface area contributed by atoms with E-state index in [1.54, 1.807) is 20.8 Å². The number of nitrogens with two attached hydrogens (primary N) is 1. The van der Waals surface area contributed by atoms with Gasteiger partial charge < -0.3 is 10.5 Å². The number of hydrogen-bond donors (Lipinski definition) is 1. The molecule has 0 saturated heterocycles. The molecule has 0 radical (unpaired) electrons. The number of carbonyl (C=O) groups is 2. The van der Waals surface area contributed by atoms with E-state index in [2.05, 4.69) is 0 Å².